The number of carboxylic acid groups (broad SMARTS) is 1. The summed E-state index contributed by atoms with van der Waals surface area (Å²) in [4.78, 5) is 20.3. The maximum absolute atomic E-state index is 12.7. The summed E-state index contributed by atoms with van der Waals surface area (Å²) in [5, 5.41) is 22.7. The number of hydrogen-bond donors (Lipinski definition) is 1. The lowest BCUT2D eigenvalue weighted by Crippen LogP contribution is -2.10. The second-order valence-electron chi connectivity index (χ2n) is 4.32. The van der Waals surface area contributed by atoms with E-state index in [1.807, 2.05) is 0 Å². The number of nitro groups is 1. The van der Waals surface area contributed by atoms with Crippen molar-refractivity contribution >= 4 is 11.7 Å². The number of halogens is 3. The molecule has 1 heterocycles. The first kappa shape index (κ1) is 15.5. The van der Waals surface area contributed by atoms with Gasteiger partial charge in [0.25, 0.3) is 0 Å². The number of rotatable bonds is 4. The number of carboxylic acids is 1. The molecule has 0 fully saturated rings. The molecule has 2 aromatic rings. The van der Waals surface area contributed by atoms with Crippen molar-refractivity contribution in [2.24, 2.45) is 0 Å². The van der Waals surface area contributed by atoms with Crippen LogP contribution in [0.15, 0.2) is 30.5 Å². The third kappa shape index (κ3) is 3.22. The fraction of sp³-hybridized carbons (Fsp3) is 0.167. The van der Waals surface area contributed by atoms with Gasteiger partial charge in [0, 0.05) is 0 Å². The second kappa shape index (κ2) is 5.47. The highest BCUT2D eigenvalue weighted by Crippen LogP contribution is 2.34. The molecule has 0 aliphatic rings. The summed E-state index contributed by atoms with van der Waals surface area (Å²) in [6.07, 6.45) is -4.28. The molecule has 0 saturated heterocycles. The van der Waals surface area contributed by atoms with Crippen LogP contribution in [0.3, 0.4) is 0 Å². The molecule has 7 nitrogen and oxygen atoms in total. The average molecular weight is 315 g/mol. The number of alkyl halides is 3. The number of benzene rings is 1. The Kier molecular flexibility index (Phi) is 3.85. The van der Waals surface area contributed by atoms with Crippen LogP contribution in [-0.4, -0.2) is 25.8 Å². The van der Waals surface area contributed by atoms with E-state index in [2.05, 4.69) is 5.10 Å². The van der Waals surface area contributed by atoms with E-state index in [1.165, 1.54) is 24.3 Å². The van der Waals surface area contributed by atoms with E-state index in [-0.39, 0.29) is 12.1 Å². The zero-order chi connectivity index (χ0) is 16.5. The van der Waals surface area contributed by atoms with Gasteiger partial charge in [0.05, 0.1) is 17.0 Å². The first-order valence-electron chi connectivity index (χ1n) is 5.80. The SMILES string of the molecule is O=C(O)c1cccc(Cn2cc([N+](=O)[O-])c(C(F)(F)F)n2)c1. The number of carbonyl (C=O) groups is 1. The van der Waals surface area contributed by atoms with Crippen molar-refractivity contribution in [1.29, 1.82) is 0 Å². The predicted molar refractivity (Wildman–Crippen MR) is 66.4 cm³/mol. The van der Waals surface area contributed by atoms with Crippen molar-refractivity contribution in [1.82, 2.24) is 9.78 Å². The standard InChI is InChI=1S/C12H8F3N3O4/c13-12(14,15)10-9(18(21)22)6-17(16-10)5-7-2-1-3-8(4-7)11(19)20/h1-4,6H,5H2,(H,19,20). The largest absolute Gasteiger partial charge is 0.478 e. The molecule has 22 heavy (non-hydrogen) atoms. The average Bonchev–Trinajstić information content (AvgIpc) is 2.83. The Labute approximate surface area is 120 Å². The third-order valence-electron chi connectivity index (χ3n) is 2.73. The van der Waals surface area contributed by atoms with Crippen molar-refractivity contribution in [2.45, 2.75) is 12.7 Å². The Hall–Kier alpha value is -2.91. The molecule has 0 spiro atoms. The number of aromatic carboxylic acids is 1. The van der Waals surface area contributed by atoms with Gasteiger partial charge in [-0.1, -0.05) is 12.1 Å². The van der Waals surface area contributed by atoms with Crippen LogP contribution in [-0.2, 0) is 12.7 Å². The summed E-state index contributed by atoms with van der Waals surface area (Å²) in [6.45, 7) is -0.224. The lowest BCUT2D eigenvalue weighted by molar-refractivity contribution is -0.388. The highest BCUT2D eigenvalue weighted by molar-refractivity contribution is 5.87. The van der Waals surface area contributed by atoms with Crippen molar-refractivity contribution in [2.75, 3.05) is 0 Å². The van der Waals surface area contributed by atoms with E-state index in [4.69, 9.17) is 5.11 Å². The van der Waals surface area contributed by atoms with Gasteiger partial charge in [0.2, 0.25) is 5.69 Å². The quantitative estimate of drug-likeness (QED) is 0.690. The molecule has 0 amide bonds. The lowest BCUT2D eigenvalue weighted by Gasteiger charge is -2.03. The summed E-state index contributed by atoms with van der Waals surface area (Å²) in [5.41, 5.74) is -2.44. The van der Waals surface area contributed by atoms with Gasteiger partial charge >= 0.3 is 17.8 Å². The molecule has 10 heteroatoms. The predicted octanol–water partition coefficient (Wildman–Crippen LogP) is 2.56. The molecule has 2 rings (SSSR count). The van der Waals surface area contributed by atoms with Gasteiger partial charge in [-0.3, -0.25) is 14.8 Å². The van der Waals surface area contributed by atoms with Crippen molar-refractivity contribution in [3.63, 3.8) is 0 Å². The van der Waals surface area contributed by atoms with Gasteiger partial charge < -0.3 is 5.11 Å². The monoisotopic (exact) mass is 315 g/mol. The smallest absolute Gasteiger partial charge is 0.442 e. The Morgan fingerprint density at radius 2 is 2.09 bits per heavy atom. The zero-order valence-electron chi connectivity index (χ0n) is 10.7. The van der Waals surface area contributed by atoms with Crippen LogP contribution < -0.4 is 0 Å². The minimum absolute atomic E-state index is 0.0461. The fourth-order valence-corrected chi connectivity index (χ4v) is 1.82. The van der Waals surface area contributed by atoms with Crippen LogP contribution in [0, 0.1) is 10.1 Å². The Bertz CT molecular complexity index is 739. The van der Waals surface area contributed by atoms with Crippen molar-refractivity contribution in [3.05, 3.63) is 57.4 Å². The van der Waals surface area contributed by atoms with Gasteiger partial charge in [-0.25, -0.2) is 4.79 Å². The van der Waals surface area contributed by atoms with Crippen LogP contribution in [0.2, 0.25) is 0 Å². The molecule has 1 N–H and O–H groups in total. The molecule has 1 aromatic heterocycles. The van der Waals surface area contributed by atoms with E-state index >= 15 is 0 Å². The summed E-state index contributed by atoms with van der Waals surface area (Å²) in [5.74, 6) is -1.19. The molecule has 0 saturated carbocycles. The second-order valence-corrected chi connectivity index (χ2v) is 4.32. The first-order chi connectivity index (χ1) is 10.2. The van der Waals surface area contributed by atoms with Gasteiger partial charge in [0.15, 0.2) is 0 Å². The lowest BCUT2D eigenvalue weighted by atomic mass is 10.1. The molecule has 0 aliphatic carbocycles. The summed E-state index contributed by atoms with van der Waals surface area (Å²) < 4.78 is 38.8. The Balaban J connectivity index is 2.36. The van der Waals surface area contributed by atoms with Crippen LogP contribution in [0.5, 0.6) is 0 Å². The normalized spacial score (nSPS) is 11.4. The highest BCUT2D eigenvalue weighted by Gasteiger charge is 2.42. The maximum atomic E-state index is 12.7. The highest BCUT2D eigenvalue weighted by atomic mass is 19.4. The van der Waals surface area contributed by atoms with E-state index in [0.717, 1.165) is 4.68 Å². The van der Waals surface area contributed by atoms with Gasteiger partial charge in [-0.05, 0) is 17.7 Å². The molecule has 0 bridgehead atoms. The van der Waals surface area contributed by atoms with E-state index in [0.29, 0.717) is 11.8 Å². The fourth-order valence-electron chi connectivity index (χ4n) is 1.82. The number of aromatic nitrogens is 2. The summed E-state index contributed by atoms with van der Waals surface area (Å²) in [7, 11) is 0. The molecule has 1 aromatic carbocycles. The molecule has 0 unspecified atom stereocenters. The topological polar surface area (TPSA) is 98.3 Å². The van der Waals surface area contributed by atoms with Gasteiger partial charge in [0.1, 0.15) is 6.20 Å². The summed E-state index contributed by atoms with van der Waals surface area (Å²) >= 11 is 0. The first-order valence-corrected chi connectivity index (χ1v) is 5.80. The van der Waals surface area contributed by atoms with Crippen LogP contribution >= 0.6 is 0 Å². The van der Waals surface area contributed by atoms with Crippen molar-refractivity contribution < 1.29 is 28.0 Å². The van der Waals surface area contributed by atoms with Crippen LogP contribution in [0.25, 0.3) is 0 Å². The molecular weight excluding hydrogens is 307 g/mol. The van der Waals surface area contributed by atoms with Crippen molar-refractivity contribution in [3.8, 4) is 0 Å². The van der Waals surface area contributed by atoms with E-state index in [1.54, 1.807) is 0 Å². The minimum atomic E-state index is -4.95. The number of nitrogens with zero attached hydrogens (tertiary/aromatic N) is 3. The van der Waals surface area contributed by atoms with Gasteiger partial charge in [-0.15, -0.1) is 0 Å². The zero-order valence-corrected chi connectivity index (χ0v) is 10.7. The van der Waals surface area contributed by atoms with Crippen LogP contribution in [0.1, 0.15) is 21.6 Å². The summed E-state index contributed by atoms with van der Waals surface area (Å²) in [6, 6.07) is 5.47. The number of hydrogen-bond acceptors (Lipinski definition) is 4. The molecule has 0 atom stereocenters. The third-order valence-corrected chi connectivity index (χ3v) is 2.73. The Morgan fingerprint density at radius 1 is 1.41 bits per heavy atom. The Morgan fingerprint density at radius 3 is 2.59 bits per heavy atom. The molecule has 0 aliphatic heterocycles. The van der Waals surface area contributed by atoms with Crippen LogP contribution in [0.4, 0.5) is 18.9 Å². The van der Waals surface area contributed by atoms with E-state index < -0.39 is 28.5 Å². The molecular formula is C12H8F3N3O4. The molecule has 0 radical (unpaired) electrons. The van der Waals surface area contributed by atoms with Gasteiger partial charge in [-0.2, -0.15) is 18.3 Å². The van der Waals surface area contributed by atoms with E-state index in [9.17, 15) is 28.1 Å². The minimum Gasteiger partial charge on any atom is -0.478 e. The maximum Gasteiger partial charge on any atom is 0.442 e. The molecule has 116 valence electrons.